The van der Waals surface area contributed by atoms with Crippen LogP contribution in [0.1, 0.15) is 11.1 Å². The number of fused-ring (bicyclic) bond motifs is 1. The van der Waals surface area contributed by atoms with Gasteiger partial charge in [-0.1, -0.05) is 12.1 Å². The maximum atomic E-state index is 12.0. The lowest BCUT2D eigenvalue weighted by molar-refractivity contribution is -0.385. The largest absolute Gasteiger partial charge is 0.490 e. The van der Waals surface area contributed by atoms with E-state index in [1.54, 1.807) is 12.1 Å². The van der Waals surface area contributed by atoms with E-state index in [4.69, 9.17) is 14.2 Å². The molecular weight excluding hydrogens is 372 g/mol. The minimum absolute atomic E-state index is 0.0807. The van der Waals surface area contributed by atoms with Gasteiger partial charge >= 0.3 is 5.69 Å². The molecule has 0 saturated heterocycles. The van der Waals surface area contributed by atoms with Crippen molar-refractivity contribution in [1.82, 2.24) is 5.32 Å². The van der Waals surface area contributed by atoms with Gasteiger partial charge in [-0.3, -0.25) is 14.9 Å². The Morgan fingerprint density at radius 3 is 2.78 bits per heavy atom. The molecule has 0 saturated carbocycles. The van der Waals surface area contributed by atoms with Gasteiger partial charge in [0.15, 0.2) is 17.2 Å². The third-order valence-corrected chi connectivity index (χ3v) is 4.87. The third-order valence-electron chi connectivity index (χ3n) is 3.87. The number of methoxy groups -OCH3 is 1. The molecule has 2 aromatic rings. The third kappa shape index (κ3) is 4.82. The zero-order valence-corrected chi connectivity index (χ0v) is 15.4. The summed E-state index contributed by atoms with van der Waals surface area (Å²) >= 11 is 1.38. The molecule has 27 heavy (non-hydrogen) atoms. The fraction of sp³-hybridized carbons (Fsp3) is 0.278. The van der Waals surface area contributed by atoms with Crippen molar-refractivity contribution >= 4 is 23.4 Å². The molecule has 0 spiro atoms. The number of carbonyl (C=O) groups excluding carboxylic acids is 1. The van der Waals surface area contributed by atoms with Crippen LogP contribution in [0.15, 0.2) is 36.4 Å². The maximum absolute atomic E-state index is 12.0. The lowest BCUT2D eigenvalue weighted by atomic mass is 10.2. The van der Waals surface area contributed by atoms with Crippen LogP contribution < -0.4 is 19.5 Å². The van der Waals surface area contributed by atoms with Gasteiger partial charge in [-0.05, 0) is 29.3 Å². The molecule has 0 radical (unpaired) electrons. The molecule has 1 aliphatic rings. The maximum Gasteiger partial charge on any atom is 0.311 e. The second-order valence-corrected chi connectivity index (χ2v) is 6.71. The van der Waals surface area contributed by atoms with Crippen molar-refractivity contribution in [1.29, 1.82) is 0 Å². The Bertz CT molecular complexity index is 858. The van der Waals surface area contributed by atoms with Crippen LogP contribution in [0.2, 0.25) is 0 Å². The second-order valence-electron chi connectivity index (χ2n) is 5.72. The Morgan fingerprint density at radius 2 is 2.00 bits per heavy atom. The van der Waals surface area contributed by atoms with Gasteiger partial charge in [0, 0.05) is 18.4 Å². The Hall–Kier alpha value is -2.94. The molecule has 9 heteroatoms. The summed E-state index contributed by atoms with van der Waals surface area (Å²) in [6, 6.07) is 10.3. The molecule has 0 aromatic heterocycles. The first-order chi connectivity index (χ1) is 13.1. The number of hydrogen-bond donors (Lipinski definition) is 1. The number of rotatable bonds is 8. The Kier molecular flexibility index (Phi) is 6.02. The van der Waals surface area contributed by atoms with Crippen molar-refractivity contribution in [3.63, 3.8) is 0 Å². The van der Waals surface area contributed by atoms with Crippen LogP contribution in [-0.2, 0) is 17.1 Å². The van der Waals surface area contributed by atoms with Crippen LogP contribution in [0.5, 0.6) is 17.2 Å². The summed E-state index contributed by atoms with van der Waals surface area (Å²) in [5.74, 6) is 2.23. The van der Waals surface area contributed by atoms with E-state index in [0.29, 0.717) is 23.8 Å². The van der Waals surface area contributed by atoms with Gasteiger partial charge in [-0.25, -0.2) is 0 Å². The van der Waals surface area contributed by atoms with Crippen LogP contribution >= 0.6 is 11.8 Å². The van der Waals surface area contributed by atoms with E-state index in [1.165, 1.54) is 24.9 Å². The number of nitro benzene ring substituents is 1. The minimum atomic E-state index is -0.481. The van der Waals surface area contributed by atoms with Crippen LogP contribution in [0.3, 0.4) is 0 Å². The van der Waals surface area contributed by atoms with E-state index in [1.807, 2.05) is 18.2 Å². The topological polar surface area (TPSA) is 99.9 Å². The normalized spacial score (nSPS) is 11.9. The van der Waals surface area contributed by atoms with Crippen molar-refractivity contribution in [3.05, 3.63) is 57.6 Å². The molecule has 142 valence electrons. The van der Waals surface area contributed by atoms with Crippen molar-refractivity contribution in [2.45, 2.75) is 12.3 Å². The van der Waals surface area contributed by atoms with Crippen molar-refractivity contribution < 1.29 is 23.9 Å². The Labute approximate surface area is 160 Å². The van der Waals surface area contributed by atoms with E-state index >= 15 is 0 Å². The zero-order chi connectivity index (χ0) is 19.2. The lowest BCUT2D eigenvalue weighted by Crippen LogP contribution is -2.24. The number of nitro groups is 1. The lowest BCUT2D eigenvalue weighted by Gasteiger charge is -2.07. The highest BCUT2D eigenvalue weighted by Crippen LogP contribution is 2.32. The van der Waals surface area contributed by atoms with Gasteiger partial charge in [-0.15, -0.1) is 11.8 Å². The van der Waals surface area contributed by atoms with E-state index in [0.717, 1.165) is 11.1 Å². The fourth-order valence-electron chi connectivity index (χ4n) is 2.53. The molecule has 0 bridgehead atoms. The van der Waals surface area contributed by atoms with E-state index in [9.17, 15) is 14.9 Å². The molecule has 1 N–H and O–H groups in total. The molecule has 1 heterocycles. The quantitative estimate of drug-likeness (QED) is 0.546. The van der Waals surface area contributed by atoms with E-state index < -0.39 is 4.92 Å². The predicted molar refractivity (Wildman–Crippen MR) is 100 cm³/mol. The average Bonchev–Trinajstić information content (AvgIpc) is 3.14. The zero-order valence-electron chi connectivity index (χ0n) is 14.6. The van der Waals surface area contributed by atoms with Crippen molar-refractivity contribution in [2.75, 3.05) is 19.7 Å². The molecule has 2 aromatic carbocycles. The minimum Gasteiger partial charge on any atom is -0.490 e. The van der Waals surface area contributed by atoms with Crippen molar-refractivity contribution in [2.24, 2.45) is 0 Å². The van der Waals surface area contributed by atoms with E-state index in [-0.39, 0.29) is 29.9 Å². The molecule has 0 aliphatic carbocycles. The highest BCUT2D eigenvalue weighted by Gasteiger charge is 2.16. The molecular formula is C18H18N2O6S. The monoisotopic (exact) mass is 390 g/mol. The molecule has 0 unspecified atom stereocenters. The summed E-state index contributed by atoms with van der Waals surface area (Å²) in [6.07, 6.45) is 0. The first-order valence-corrected chi connectivity index (χ1v) is 9.26. The molecule has 1 aliphatic heterocycles. The summed E-state index contributed by atoms with van der Waals surface area (Å²) in [5.41, 5.74) is 1.60. The molecule has 8 nitrogen and oxygen atoms in total. The molecule has 3 rings (SSSR count). The first kappa shape index (κ1) is 18.8. The number of carbonyl (C=O) groups is 1. The van der Waals surface area contributed by atoms with Crippen LogP contribution in [0.4, 0.5) is 5.69 Å². The number of amides is 1. The SMILES string of the molecule is COc1ccc(CSCC(=O)NCc2ccc3c(c2)OCO3)cc1[N+](=O)[O-]. The number of benzene rings is 2. The van der Waals surface area contributed by atoms with Gasteiger partial charge in [-0.2, -0.15) is 0 Å². The van der Waals surface area contributed by atoms with Crippen LogP contribution in [0.25, 0.3) is 0 Å². The average molecular weight is 390 g/mol. The van der Waals surface area contributed by atoms with Crippen LogP contribution in [0, 0.1) is 10.1 Å². The summed E-state index contributed by atoms with van der Waals surface area (Å²) < 4.78 is 15.5. The second kappa shape index (κ2) is 8.63. The van der Waals surface area contributed by atoms with Gasteiger partial charge in [0.1, 0.15) is 0 Å². The van der Waals surface area contributed by atoms with Gasteiger partial charge in [0.25, 0.3) is 0 Å². The smallest absolute Gasteiger partial charge is 0.311 e. The number of nitrogens with zero attached hydrogens (tertiary/aromatic N) is 1. The fourth-order valence-corrected chi connectivity index (χ4v) is 3.34. The molecule has 0 fully saturated rings. The van der Waals surface area contributed by atoms with E-state index in [2.05, 4.69) is 5.32 Å². The first-order valence-electron chi connectivity index (χ1n) is 8.11. The summed E-state index contributed by atoms with van der Waals surface area (Å²) in [4.78, 5) is 22.6. The standard InChI is InChI=1S/C18H18N2O6S/c1-24-15-4-3-13(6-14(15)20(22)23)9-27-10-18(21)19-8-12-2-5-16-17(7-12)26-11-25-16/h2-7H,8-11H2,1H3,(H,19,21). The number of hydrogen-bond acceptors (Lipinski definition) is 7. The van der Waals surface area contributed by atoms with Gasteiger partial charge in [0.05, 0.1) is 17.8 Å². The van der Waals surface area contributed by atoms with Gasteiger partial charge < -0.3 is 19.5 Å². The number of thioether (sulfide) groups is 1. The van der Waals surface area contributed by atoms with Gasteiger partial charge in [0.2, 0.25) is 12.7 Å². The Balaban J connectivity index is 1.46. The summed E-state index contributed by atoms with van der Waals surface area (Å²) in [7, 11) is 1.39. The predicted octanol–water partition coefficient (Wildman–Crippen LogP) is 2.88. The Morgan fingerprint density at radius 1 is 1.22 bits per heavy atom. The summed E-state index contributed by atoms with van der Waals surface area (Å²) in [5, 5.41) is 13.9. The number of ether oxygens (including phenoxy) is 3. The molecule has 0 atom stereocenters. The molecule has 1 amide bonds. The highest BCUT2D eigenvalue weighted by molar-refractivity contribution is 7.99. The highest BCUT2D eigenvalue weighted by atomic mass is 32.2. The van der Waals surface area contributed by atoms with Crippen LogP contribution in [-0.4, -0.2) is 30.5 Å². The van der Waals surface area contributed by atoms with Crippen molar-refractivity contribution in [3.8, 4) is 17.2 Å². The summed E-state index contributed by atoms with van der Waals surface area (Å²) in [6.45, 7) is 0.606. The number of nitrogens with one attached hydrogen (secondary N) is 1.